The third-order valence-corrected chi connectivity index (χ3v) is 5.68. The molecule has 4 aromatic rings. The van der Waals surface area contributed by atoms with Crippen LogP contribution in [-0.4, -0.2) is 16.5 Å². The van der Waals surface area contributed by atoms with Crippen molar-refractivity contribution in [2.45, 2.75) is 6.04 Å². The number of nitrogen functional groups attached to an aromatic ring is 1. The van der Waals surface area contributed by atoms with Crippen LogP contribution >= 0.6 is 11.6 Å². The average Bonchev–Trinajstić information content (AvgIpc) is 3.31. The first-order valence-corrected chi connectivity index (χ1v) is 9.87. The molecule has 0 bridgehead atoms. The Morgan fingerprint density at radius 1 is 1.13 bits per heavy atom. The predicted octanol–water partition coefficient (Wildman–Crippen LogP) is 4.93. The Hall–Kier alpha value is -3.84. The van der Waals surface area contributed by atoms with Crippen LogP contribution in [0.25, 0.3) is 10.9 Å². The SMILES string of the molecule is Nc1cc(NC(=O)n2ccc3ccccc32)c2c(c1)C(=O)NC2c1cc(F)ccc1Cl. The highest BCUT2D eigenvalue weighted by atomic mass is 35.5. The molecule has 8 heteroatoms. The summed E-state index contributed by atoms with van der Waals surface area (Å²) in [4.78, 5) is 25.7. The summed E-state index contributed by atoms with van der Waals surface area (Å²) in [7, 11) is 0. The van der Waals surface area contributed by atoms with Crippen molar-refractivity contribution >= 4 is 45.8 Å². The number of anilines is 2. The van der Waals surface area contributed by atoms with Crippen LogP contribution < -0.4 is 16.4 Å². The monoisotopic (exact) mass is 434 g/mol. The van der Waals surface area contributed by atoms with Gasteiger partial charge in [0.25, 0.3) is 5.91 Å². The molecule has 2 heterocycles. The van der Waals surface area contributed by atoms with E-state index in [2.05, 4.69) is 10.6 Å². The molecule has 5 rings (SSSR count). The smallest absolute Gasteiger partial charge is 0.330 e. The van der Waals surface area contributed by atoms with Gasteiger partial charge < -0.3 is 16.4 Å². The van der Waals surface area contributed by atoms with E-state index in [4.69, 9.17) is 17.3 Å². The molecule has 6 nitrogen and oxygen atoms in total. The van der Waals surface area contributed by atoms with E-state index in [9.17, 15) is 14.0 Å². The molecule has 1 atom stereocenters. The van der Waals surface area contributed by atoms with Crippen molar-refractivity contribution in [2.75, 3.05) is 11.1 Å². The lowest BCUT2D eigenvalue weighted by molar-refractivity contribution is 0.0960. The highest BCUT2D eigenvalue weighted by Gasteiger charge is 2.34. The maximum absolute atomic E-state index is 13.9. The summed E-state index contributed by atoms with van der Waals surface area (Å²) >= 11 is 6.29. The van der Waals surface area contributed by atoms with Crippen LogP contribution in [0, 0.1) is 5.82 Å². The summed E-state index contributed by atoms with van der Waals surface area (Å²) in [5.41, 5.74) is 8.57. The Bertz CT molecular complexity index is 1380. The van der Waals surface area contributed by atoms with E-state index in [1.165, 1.54) is 28.8 Å². The molecular weight excluding hydrogens is 419 g/mol. The third kappa shape index (κ3) is 3.19. The van der Waals surface area contributed by atoms with Crippen molar-refractivity contribution < 1.29 is 14.0 Å². The number of rotatable bonds is 2. The molecule has 1 aromatic heterocycles. The van der Waals surface area contributed by atoms with Crippen molar-refractivity contribution in [3.8, 4) is 0 Å². The Kier molecular flexibility index (Phi) is 4.41. The van der Waals surface area contributed by atoms with E-state index >= 15 is 0 Å². The van der Waals surface area contributed by atoms with Crippen molar-refractivity contribution in [3.05, 3.63) is 94.4 Å². The summed E-state index contributed by atoms with van der Waals surface area (Å²) in [6, 6.07) is 15.2. The van der Waals surface area contributed by atoms with Gasteiger partial charge in [0.05, 0.1) is 17.2 Å². The molecular formula is C23H16ClFN4O2. The van der Waals surface area contributed by atoms with E-state index in [1.54, 1.807) is 12.3 Å². The highest BCUT2D eigenvalue weighted by Crippen LogP contribution is 2.40. The van der Waals surface area contributed by atoms with E-state index in [-0.39, 0.29) is 5.91 Å². The van der Waals surface area contributed by atoms with Gasteiger partial charge in [-0.1, -0.05) is 29.8 Å². The molecule has 0 saturated carbocycles. The highest BCUT2D eigenvalue weighted by molar-refractivity contribution is 6.31. The first-order chi connectivity index (χ1) is 14.9. The lowest BCUT2D eigenvalue weighted by atomic mass is 9.96. The number of fused-ring (bicyclic) bond motifs is 2. The molecule has 1 aliphatic rings. The van der Waals surface area contributed by atoms with Crippen LogP contribution in [0.5, 0.6) is 0 Å². The summed E-state index contributed by atoms with van der Waals surface area (Å²) in [5.74, 6) is -0.864. The Morgan fingerprint density at radius 3 is 2.77 bits per heavy atom. The van der Waals surface area contributed by atoms with Gasteiger partial charge in [-0.05, 0) is 42.5 Å². The normalized spacial score (nSPS) is 15.0. The zero-order valence-electron chi connectivity index (χ0n) is 16.0. The molecule has 0 saturated heterocycles. The molecule has 3 aromatic carbocycles. The standard InChI is InChI=1S/C23H16ClFN4O2/c24-17-6-5-13(25)9-15(17)21-20-16(22(30)28-21)10-14(26)11-18(20)27-23(31)29-8-7-12-3-1-2-4-19(12)29/h1-11,21H,26H2,(H,27,31)(H,28,30). The Morgan fingerprint density at radius 2 is 1.94 bits per heavy atom. The average molecular weight is 435 g/mol. The van der Waals surface area contributed by atoms with E-state index in [1.807, 2.05) is 30.3 Å². The number of amides is 2. The number of carbonyl (C=O) groups excluding carboxylic acids is 2. The maximum atomic E-state index is 13.9. The quantitative estimate of drug-likeness (QED) is 0.391. The first-order valence-electron chi connectivity index (χ1n) is 9.49. The topological polar surface area (TPSA) is 89.2 Å². The molecule has 0 aliphatic carbocycles. The molecule has 0 spiro atoms. The minimum atomic E-state index is -0.733. The van der Waals surface area contributed by atoms with Crippen LogP contribution in [0.4, 0.5) is 20.6 Å². The van der Waals surface area contributed by atoms with Gasteiger partial charge in [-0.25, -0.2) is 9.18 Å². The second-order valence-corrected chi connectivity index (χ2v) is 7.68. The van der Waals surface area contributed by atoms with Gasteiger partial charge in [-0.2, -0.15) is 0 Å². The molecule has 31 heavy (non-hydrogen) atoms. The van der Waals surface area contributed by atoms with E-state index in [0.717, 1.165) is 10.9 Å². The number of nitrogens with one attached hydrogen (secondary N) is 2. The van der Waals surface area contributed by atoms with Crippen molar-refractivity contribution in [3.63, 3.8) is 0 Å². The number of nitrogens with zero attached hydrogens (tertiary/aromatic N) is 1. The zero-order valence-corrected chi connectivity index (χ0v) is 16.8. The molecule has 0 radical (unpaired) electrons. The minimum absolute atomic E-state index is 0.296. The third-order valence-electron chi connectivity index (χ3n) is 5.34. The van der Waals surface area contributed by atoms with Crippen LogP contribution in [-0.2, 0) is 0 Å². The molecule has 4 N–H and O–H groups in total. The number of aromatic nitrogens is 1. The summed E-state index contributed by atoms with van der Waals surface area (Å²) in [6.07, 6.45) is 1.66. The number of para-hydroxylation sites is 1. The van der Waals surface area contributed by atoms with E-state index in [0.29, 0.717) is 33.1 Å². The second-order valence-electron chi connectivity index (χ2n) is 7.28. The lowest BCUT2D eigenvalue weighted by Crippen LogP contribution is -2.22. The largest absolute Gasteiger partial charge is 0.399 e. The van der Waals surface area contributed by atoms with E-state index < -0.39 is 17.9 Å². The zero-order chi connectivity index (χ0) is 21.7. The number of hydrogen-bond donors (Lipinski definition) is 3. The fourth-order valence-corrected chi connectivity index (χ4v) is 4.19. The number of hydrogen-bond acceptors (Lipinski definition) is 3. The molecule has 2 amide bonds. The van der Waals surface area contributed by atoms with Crippen molar-refractivity contribution in [1.82, 2.24) is 9.88 Å². The minimum Gasteiger partial charge on any atom is -0.399 e. The van der Waals surface area contributed by atoms with Crippen LogP contribution in [0.1, 0.15) is 27.5 Å². The number of halogens is 2. The van der Waals surface area contributed by atoms with Crippen LogP contribution in [0.2, 0.25) is 5.02 Å². The summed E-state index contributed by atoms with van der Waals surface area (Å²) in [5, 5.41) is 6.86. The second kappa shape index (κ2) is 7.14. The van der Waals surface area contributed by atoms with Crippen LogP contribution in [0.3, 0.4) is 0 Å². The number of carbonyl (C=O) groups is 2. The van der Waals surface area contributed by atoms with Crippen molar-refractivity contribution in [2.24, 2.45) is 0 Å². The van der Waals surface area contributed by atoms with Gasteiger partial charge in [0.15, 0.2) is 0 Å². The fourth-order valence-electron chi connectivity index (χ4n) is 3.96. The van der Waals surface area contributed by atoms with Crippen molar-refractivity contribution in [1.29, 1.82) is 0 Å². The number of nitrogens with two attached hydrogens (primary N) is 1. The first kappa shape index (κ1) is 19.1. The van der Waals surface area contributed by atoms with Gasteiger partial charge in [0.2, 0.25) is 0 Å². The van der Waals surface area contributed by atoms with Gasteiger partial charge in [0.1, 0.15) is 5.82 Å². The van der Waals surface area contributed by atoms with Gasteiger partial charge in [-0.3, -0.25) is 9.36 Å². The number of benzene rings is 3. The predicted molar refractivity (Wildman–Crippen MR) is 118 cm³/mol. The Labute approximate surface area is 181 Å². The van der Waals surface area contributed by atoms with Gasteiger partial charge in [-0.15, -0.1) is 0 Å². The summed E-state index contributed by atoms with van der Waals surface area (Å²) < 4.78 is 15.4. The summed E-state index contributed by atoms with van der Waals surface area (Å²) in [6.45, 7) is 0. The molecule has 154 valence electrons. The Balaban J connectivity index is 1.61. The van der Waals surface area contributed by atoms with Gasteiger partial charge >= 0.3 is 6.03 Å². The molecule has 1 aliphatic heterocycles. The maximum Gasteiger partial charge on any atom is 0.330 e. The lowest BCUT2D eigenvalue weighted by Gasteiger charge is -2.18. The van der Waals surface area contributed by atoms with Crippen LogP contribution in [0.15, 0.2) is 66.9 Å². The van der Waals surface area contributed by atoms with Gasteiger partial charge in [0, 0.05) is 39.0 Å². The fraction of sp³-hybridized carbons (Fsp3) is 0.0435. The molecule has 0 fully saturated rings. The molecule has 1 unspecified atom stereocenters.